The van der Waals surface area contributed by atoms with Crippen LogP contribution in [0, 0.1) is 0 Å². The van der Waals surface area contributed by atoms with Crippen molar-refractivity contribution in [3.05, 3.63) is 53.6 Å². The van der Waals surface area contributed by atoms with E-state index < -0.39 is 16.1 Å². The van der Waals surface area contributed by atoms with Gasteiger partial charge in [0.1, 0.15) is 6.10 Å². The molecule has 2 heterocycles. The van der Waals surface area contributed by atoms with Gasteiger partial charge in [-0.25, -0.2) is 8.42 Å². The highest BCUT2D eigenvalue weighted by molar-refractivity contribution is 7.92. The maximum atomic E-state index is 12.7. The van der Waals surface area contributed by atoms with Crippen LogP contribution in [0.1, 0.15) is 35.7 Å². The van der Waals surface area contributed by atoms with E-state index in [9.17, 15) is 18.0 Å². The average molecular weight is 444 g/mol. The lowest BCUT2D eigenvalue weighted by atomic mass is 10.1. The predicted octanol–water partition coefficient (Wildman–Crippen LogP) is 2.77. The quantitative estimate of drug-likeness (QED) is 0.739. The number of carbonyl (C=O) groups is 2. The van der Waals surface area contributed by atoms with E-state index in [-0.39, 0.29) is 17.9 Å². The van der Waals surface area contributed by atoms with E-state index in [1.807, 2.05) is 6.92 Å². The number of nitrogens with zero attached hydrogens (tertiary/aromatic N) is 1. The molecule has 9 heteroatoms. The second-order valence-corrected chi connectivity index (χ2v) is 9.84. The van der Waals surface area contributed by atoms with Gasteiger partial charge in [0.15, 0.2) is 0 Å². The second kappa shape index (κ2) is 8.32. The summed E-state index contributed by atoms with van der Waals surface area (Å²) in [6.45, 7) is 2.46. The molecule has 0 aliphatic carbocycles. The van der Waals surface area contributed by atoms with E-state index in [4.69, 9.17) is 4.74 Å². The van der Waals surface area contributed by atoms with Crippen molar-refractivity contribution in [2.45, 2.75) is 38.3 Å². The molecule has 2 amide bonds. The number of amides is 2. The van der Waals surface area contributed by atoms with Gasteiger partial charge >= 0.3 is 0 Å². The highest BCUT2D eigenvalue weighted by Gasteiger charge is 2.32. The van der Waals surface area contributed by atoms with Gasteiger partial charge in [-0.05, 0) is 74.2 Å². The lowest BCUT2D eigenvalue weighted by molar-refractivity contribution is -0.124. The van der Waals surface area contributed by atoms with Crippen molar-refractivity contribution in [2.75, 3.05) is 27.8 Å². The number of carbonyl (C=O) groups excluding carboxylic acids is 2. The SMILES string of the molecule is C[C@@H]1Cc2cc(C(=O)Nc3ccc(NC(=O)[C@H]4CCCO4)cc3)ccc2N1S(C)(=O)=O. The third-order valence-corrected chi connectivity index (χ3v) is 6.76. The third-order valence-electron chi connectivity index (χ3n) is 5.48. The van der Waals surface area contributed by atoms with Crippen LogP contribution in [0.3, 0.4) is 0 Å². The Kier molecular flexibility index (Phi) is 5.72. The van der Waals surface area contributed by atoms with Crippen LogP contribution in [-0.2, 0) is 26.0 Å². The number of benzene rings is 2. The Bertz CT molecular complexity index is 1110. The summed E-state index contributed by atoms with van der Waals surface area (Å²) in [5.74, 6) is -0.450. The Morgan fingerprint density at radius 1 is 1.06 bits per heavy atom. The molecule has 0 spiro atoms. The Labute approximate surface area is 181 Å². The van der Waals surface area contributed by atoms with Crippen molar-refractivity contribution in [1.29, 1.82) is 0 Å². The molecule has 164 valence electrons. The smallest absolute Gasteiger partial charge is 0.255 e. The fraction of sp³-hybridized carbons (Fsp3) is 0.364. The molecule has 0 radical (unpaired) electrons. The summed E-state index contributed by atoms with van der Waals surface area (Å²) in [4.78, 5) is 24.8. The summed E-state index contributed by atoms with van der Waals surface area (Å²) in [6, 6.07) is 11.7. The van der Waals surface area contributed by atoms with Crippen molar-refractivity contribution in [2.24, 2.45) is 0 Å². The second-order valence-electron chi connectivity index (χ2n) is 7.98. The molecular weight excluding hydrogens is 418 g/mol. The highest BCUT2D eigenvalue weighted by Crippen LogP contribution is 2.34. The first-order valence-electron chi connectivity index (χ1n) is 10.2. The van der Waals surface area contributed by atoms with Crippen LogP contribution in [-0.4, -0.2) is 45.2 Å². The van der Waals surface area contributed by atoms with Gasteiger partial charge in [0.2, 0.25) is 10.0 Å². The number of hydrogen-bond acceptors (Lipinski definition) is 5. The molecule has 2 N–H and O–H groups in total. The molecule has 0 saturated carbocycles. The highest BCUT2D eigenvalue weighted by atomic mass is 32.2. The topological polar surface area (TPSA) is 105 Å². The minimum atomic E-state index is -3.37. The number of ether oxygens (including phenoxy) is 1. The van der Waals surface area contributed by atoms with Gasteiger partial charge < -0.3 is 15.4 Å². The summed E-state index contributed by atoms with van der Waals surface area (Å²) in [6.07, 6.45) is 2.95. The lowest BCUT2D eigenvalue weighted by Crippen LogP contribution is -2.34. The van der Waals surface area contributed by atoms with Crippen molar-refractivity contribution in [3.63, 3.8) is 0 Å². The zero-order chi connectivity index (χ0) is 22.2. The number of hydrogen-bond donors (Lipinski definition) is 2. The average Bonchev–Trinajstić information content (AvgIpc) is 3.35. The van der Waals surface area contributed by atoms with Crippen molar-refractivity contribution in [1.82, 2.24) is 0 Å². The summed E-state index contributed by atoms with van der Waals surface area (Å²) >= 11 is 0. The van der Waals surface area contributed by atoms with Gasteiger partial charge in [-0.1, -0.05) is 0 Å². The maximum Gasteiger partial charge on any atom is 0.255 e. The summed E-state index contributed by atoms with van der Waals surface area (Å²) in [5.41, 5.74) is 3.13. The lowest BCUT2D eigenvalue weighted by Gasteiger charge is -2.21. The van der Waals surface area contributed by atoms with E-state index in [2.05, 4.69) is 10.6 Å². The summed E-state index contributed by atoms with van der Waals surface area (Å²) in [5, 5.41) is 5.64. The summed E-state index contributed by atoms with van der Waals surface area (Å²) < 4.78 is 30.9. The third kappa shape index (κ3) is 4.57. The summed E-state index contributed by atoms with van der Waals surface area (Å²) in [7, 11) is -3.37. The van der Waals surface area contributed by atoms with Crippen LogP contribution < -0.4 is 14.9 Å². The van der Waals surface area contributed by atoms with E-state index >= 15 is 0 Å². The Hall–Kier alpha value is -2.91. The molecule has 2 aliphatic heterocycles. The number of sulfonamides is 1. The van der Waals surface area contributed by atoms with E-state index in [0.717, 1.165) is 18.4 Å². The first-order valence-corrected chi connectivity index (χ1v) is 12.0. The molecule has 0 aromatic heterocycles. The molecule has 8 nitrogen and oxygen atoms in total. The zero-order valence-corrected chi connectivity index (χ0v) is 18.2. The monoisotopic (exact) mass is 443 g/mol. The molecule has 0 unspecified atom stereocenters. The predicted molar refractivity (Wildman–Crippen MR) is 119 cm³/mol. The van der Waals surface area contributed by atoms with Crippen LogP contribution in [0.25, 0.3) is 0 Å². The standard InChI is InChI=1S/C22H25N3O5S/c1-14-12-16-13-15(5-10-19(16)25(14)31(2,28)29)21(26)23-17-6-8-18(9-7-17)24-22(27)20-4-3-11-30-20/h5-10,13-14,20H,3-4,11-12H2,1-2H3,(H,23,26)(H,24,27)/t14-,20-/m1/s1. The van der Waals surface area contributed by atoms with Crippen LogP contribution in [0.4, 0.5) is 17.1 Å². The number of nitrogens with one attached hydrogen (secondary N) is 2. The van der Waals surface area contributed by atoms with Gasteiger partial charge in [-0.3, -0.25) is 13.9 Å². The Balaban J connectivity index is 1.42. The molecule has 4 rings (SSSR count). The first kappa shape index (κ1) is 21.3. The molecule has 0 bridgehead atoms. The van der Waals surface area contributed by atoms with Crippen LogP contribution in [0.5, 0.6) is 0 Å². The van der Waals surface area contributed by atoms with Crippen molar-refractivity contribution < 1.29 is 22.7 Å². The Morgan fingerprint density at radius 3 is 2.35 bits per heavy atom. The van der Waals surface area contributed by atoms with Crippen LogP contribution in [0.15, 0.2) is 42.5 Å². The number of rotatable bonds is 5. The van der Waals surface area contributed by atoms with E-state index in [1.54, 1.807) is 42.5 Å². The molecule has 1 saturated heterocycles. The minimum absolute atomic E-state index is 0.162. The molecule has 31 heavy (non-hydrogen) atoms. The fourth-order valence-corrected chi connectivity index (χ4v) is 5.36. The molecule has 2 aromatic carbocycles. The number of fused-ring (bicyclic) bond motifs is 1. The van der Waals surface area contributed by atoms with Crippen LogP contribution in [0.2, 0.25) is 0 Å². The molecule has 1 fully saturated rings. The zero-order valence-electron chi connectivity index (χ0n) is 17.4. The van der Waals surface area contributed by atoms with E-state index in [1.165, 1.54) is 10.6 Å². The molecular formula is C22H25N3O5S. The first-order chi connectivity index (χ1) is 14.7. The largest absolute Gasteiger partial charge is 0.368 e. The van der Waals surface area contributed by atoms with Gasteiger partial charge in [0.05, 0.1) is 11.9 Å². The Morgan fingerprint density at radius 2 is 1.74 bits per heavy atom. The number of anilines is 3. The van der Waals surface area contributed by atoms with E-state index in [0.29, 0.717) is 35.7 Å². The van der Waals surface area contributed by atoms with Gasteiger partial charge in [0, 0.05) is 29.6 Å². The normalized spacial score (nSPS) is 20.4. The minimum Gasteiger partial charge on any atom is -0.368 e. The van der Waals surface area contributed by atoms with Crippen LogP contribution >= 0.6 is 0 Å². The van der Waals surface area contributed by atoms with Gasteiger partial charge in [0.25, 0.3) is 11.8 Å². The maximum absolute atomic E-state index is 12.7. The molecule has 2 aliphatic rings. The van der Waals surface area contributed by atoms with Gasteiger partial charge in [-0.15, -0.1) is 0 Å². The molecule has 2 aromatic rings. The van der Waals surface area contributed by atoms with Gasteiger partial charge in [-0.2, -0.15) is 0 Å². The van der Waals surface area contributed by atoms with Crippen molar-refractivity contribution in [3.8, 4) is 0 Å². The molecule has 2 atom stereocenters. The fourth-order valence-electron chi connectivity index (χ4n) is 4.10. The van der Waals surface area contributed by atoms with Crippen molar-refractivity contribution >= 4 is 38.9 Å².